The molecule has 38 heavy (non-hydrogen) atoms. The second-order valence-corrected chi connectivity index (χ2v) is 8.84. The number of methoxy groups -OCH3 is 2. The summed E-state index contributed by atoms with van der Waals surface area (Å²) in [7, 11) is 6.41. The zero-order valence-electron chi connectivity index (χ0n) is 22.0. The number of hydrogen-bond acceptors (Lipinski definition) is 6. The molecule has 4 rings (SSSR count). The normalized spacial score (nSPS) is 11.3. The number of benzene rings is 3. The molecule has 3 aromatic carbocycles. The van der Waals surface area contributed by atoms with Gasteiger partial charge < -0.3 is 29.4 Å². The third-order valence-corrected chi connectivity index (χ3v) is 6.14. The molecule has 0 atom stereocenters. The van der Waals surface area contributed by atoms with Gasteiger partial charge in [0.1, 0.15) is 6.54 Å². The van der Waals surface area contributed by atoms with Crippen LogP contribution in [0.15, 0.2) is 71.7 Å². The molecule has 0 spiro atoms. The number of hydrogen-bond donors (Lipinski definition) is 2. The molecule has 2 N–H and O–H groups in total. The Morgan fingerprint density at radius 3 is 2.16 bits per heavy atom. The van der Waals surface area contributed by atoms with Gasteiger partial charge in [-0.15, -0.1) is 0 Å². The van der Waals surface area contributed by atoms with Crippen molar-refractivity contribution in [3.63, 3.8) is 0 Å². The molecule has 9 nitrogen and oxygen atoms in total. The standard InChI is InChI=1S/C29H30N4O5/c1-18(34)33(17-26(35)32(2)3)21-13-11-20(12-14-21)30-28(19-9-7-6-8-10-19)27-22-15-24(37-4)25(38-5)16-23(22)31-29(27)36/h6-16,31,36H,17H2,1-5H3. The van der Waals surface area contributed by atoms with Gasteiger partial charge in [0.15, 0.2) is 17.4 Å². The van der Waals surface area contributed by atoms with Gasteiger partial charge in [-0.2, -0.15) is 0 Å². The lowest BCUT2D eigenvalue weighted by Crippen LogP contribution is -2.39. The smallest absolute Gasteiger partial charge is 0.242 e. The second-order valence-electron chi connectivity index (χ2n) is 8.84. The van der Waals surface area contributed by atoms with Crippen molar-refractivity contribution in [2.24, 2.45) is 4.99 Å². The number of nitrogens with zero attached hydrogens (tertiary/aromatic N) is 3. The van der Waals surface area contributed by atoms with E-state index in [1.807, 2.05) is 30.3 Å². The molecule has 0 saturated heterocycles. The fourth-order valence-electron chi connectivity index (χ4n) is 4.10. The molecule has 4 aromatic rings. The number of nitrogens with one attached hydrogen (secondary N) is 1. The first-order valence-corrected chi connectivity index (χ1v) is 11.9. The third-order valence-electron chi connectivity index (χ3n) is 6.14. The van der Waals surface area contributed by atoms with Gasteiger partial charge in [-0.25, -0.2) is 4.99 Å². The lowest BCUT2D eigenvalue weighted by atomic mass is 10.0. The van der Waals surface area contributed by atoms with E-state index < -0.39 is 0 Å². The van der Waals surface area contributed by atoms with E-state index in [0.29, 0.717) is 45.1 Å². The van der Waals surface area contributed by atoms with Gasteiger partial charge in [0, 0.05) is 43.7 Å². The molecule has 0 unspecified atom stereocenters. The van der Waals surface area contributed by atoms with Gasteiger partial charge in [-0.05, 0) is 30.3 Å². The Hall–Kier alpha value is -4.79. The van der Waals surface area contributed by atoms with Crippen LogP contribution in [-0.2, 0) is 9.59 Å². The summed E-state index contributed by atoms with van der Waals surface area (Å²) in [5, 5.41) is 11.7. The van der Waals surface area contributed by atoms with E-state index in [-0.39, 0.29) is 24.2 Å². The lowest BCUT2D eigenvalue weighted by molar-refractivity contribution is -0.129. The highest BCUT2D eigenvalue weighted by molar-refractivity contribution is 6.22. The molecule has 0 radical (unpaired) electrons. The molecule has 1 aromatic heterocycles. The number of ether oxygens (including phenoxy) is 2. The summed E-state index contributed by atoms with van der Waals surface area (Å²) >= 11 is 0. The van der Waals surface area contributed by atoms with Crippen molar-refractivity contribution >= 4 is 39.8 Å². The molecule has 2 amide bonds. The lowest BCUT2D eigenvalue weighted by Gasteiger charge is -2.22. The van der Waals surface area contributed by atoms with Gasteiger partial charge in [0.2, 0.25) is 11.8 Å². The molecule has 9 heteroatoms. The van der Waals surface area contributed by atoms with Crippen molar-refractivity contribution in [2.75, 3.05) is 39.8 Å². The number of fused-ring (bicyclic) bond motifs is 1. The molecule has 0 aliphatic heterocycles. The van der Waals surface area contributed by atoms with Crippen LogP contribution in [0.3, 0.4) is 0 Å². The van der Waals surface area contributed by atoms with Gasteiger partial charge in [0.25, 0.3) is 0 Å². The number of rotatable bonds is 8. The summed E-state index contributed by atoms with van der Waals surface area (Å²) in [5.41, 5.74) is 3.70. The van der Waals surface area contributed by atoms with E-state index in [9.17, 15) is 14.7 Å². The Bertz CT molecular complexity index is 1490. The third kappa shape index (κ3) is 5.31. The molecule has 1 heterocycles. The van der Waals surface area contributed by atoms with Crippen molar-refractivity contribution in [1.29, 1.82) is 0 Å². The SMILES string of the molecule is COc1cc2[nH]c(O)c(C(=Nc3ccc(N(CC(=O)N(C)C)C(C)=O)cc3)c3ccccc3)c2cc1OC. The topological polar surface area (TPSA) is 107 Å². The average molecular weight is 515 g/mol. The van der Waals surface area contributed by atoms with E-state index in [0.717, 1.165) is 5.56 Å². The molecule has 196 valence electrons. The number of likely N-dealkylation sites (N-methyl/N-ethyl adjacent to an activating group) is 1. The van der Waals surface area contributed by atoms with Crippen LogP contribution in [0.5, 0.6) is 17.4 Å². The van der Waals surface area contributed by atoms with Crippen LogP contribution < -0.4 is 14.4 Å². The molecule has 0 bridgehead atoms. The van der Waals surface area contributed by atoms with E-state index in [1.54, 1.807) is 64.7 Å². The fourth-order valence-corrected chi connectivity index (χ4v) is 4.10. The summed E-state index contributed by atoms with van der Waals surface area (Å²) < 4.78 is 10.9. The Balaban J connectivity index is 1.82. The van der Waals surface area contributed by atoms with Crippen molar-refractivity contribution in [3.8, 4) is 17.4 Å². The number of aromatic hydroxyl groups is 1. The minimum Gasteiger partial charge on any atom is -0.494 e. The maximum atomic E-state index is 12.2. The number of aliphatic imine (C=N–C) groups is 1. The average Bonchev–Trinajstić information content (AvgIpc) is 3.24. The number of H-pyrrole nitrogens is 1. The van der Waals surface area contributed by atoms with Crippen LogP contribution in [0.2, 0.25) is 0 Å². The van der Waals surface area contributed by atoms with Crippen molar-refractivity contribution in [2.45, 2.75) is 6.92 Å². The van der Waals surface area contributed by atoms with Crippen molar-refractivity contribution in [3.05, 3.63) is 77.9 Å². The maximum absolute atomic E-state index is 12.2. The van der Waals surface area contributed by atoms with Crippen LogP contribution in [-0.4, -0.2) is 67.4 Å². The molecule has 0 aliphatic rings. The minimum absolute atomic E-state index is 0.0421. The summed E-state index contributed by atoms with van der Waals surface area (Å²) in [5.74, 6) is 0.586. The van der Waals surface area contributed by atoms with Crippen LogP contribution in [0.25, 0.3) is 10.9 Å². The quantitative estimate of drug-likeness (QED) is 0.337. The zero-order chi connectivity index (χ0) is 27.4. The van der Waals surface area contributed by atoms with E-state index in [2.05, 4.69) is 4.98 Å². The largest absolute Gasteiger partial charge is 0.494 e. The highest BCUT2D eigenvalue weighted by atomic mass is 16.5. The predicted octanol–water partition coefficient (Wildman–Crippen LogP) is 4.50. The van der Waals surface area contributed by atoms with Crippen molar-refractivity contribution in [1.82, 2.24) is 9.88 Å². The summed E-state index contributed by atoms with van der Waals surface area (Å²) in [6.45, 7) is 1.36. The van der Waals surface area contributed by atoms with Gasteiger partial charge >= 0.3 is 0 Å². The number of aromatic nitrogens is 1. The zero-order valence-corrected chi connectivity index (χ0v) is 22.0. The molecule has 0 aliphatic carbocycles. The van der Waals surface area contributed by atoms with Gasteiger partial charge in [-0.1, -0.05) is 30.3 Å². The highest BCUT2D eigenvalue weighted by Gasteiger charge is 2.21. The molecular formula is C29H30N4O5. The summed E-state index contributed by atoms with van der Waals surface area (Å²) in [4.78, 5) is 35.2. The minimum atomic E-state index is -0.241. The Labute approximate surface area is 220 Å². The first-order chi connectivity index (χ1) is 18.2. The first kappa shape index (κ1) is 26.3. The van der Waals surface area contributed by atoms with Crippen LogP contribution in [0.4, 0.5) is 11.4 Å². The monoisotopic (exact) mass is 514 g/mol. The summed E-state index contributed by atoms with van der Waals surface area (Å²) in [6, 6.07) is 20.1. The van der Waals surface area contributed by atoms with Gasteiger partial charge in [-0.3, -0.25) is 9.59 Å². The summed E-state index contributed by atoms with van der Waals surface area (Å²) in [6.07, 6.45) is 0. The fraction of sp³-hybridized carbons (Fsp3) is 0.207. The number of amides is 2. The van der Waals surface area contributed by atoms with Crippen LogP contribution >= 0.6 is 0 Å². The number of carbonyl (C=O) groups is 2. The number of carbonyl (C=O) groups excluding carboxylic acids is 2. The van der Waals surface area contributed by atoms with E-state index in [4.69, 9.17) is 14.5 Å². The van der Waals surface area contributed by atoms with Crippen LogP contribution in [0.1, 0.15) is 18.1 Å². The highest BCUT2D eigenvalue weighted by Crippen LogP contribution is 2.38. The number of aromatic amines is 1. The number of anilines is 1. The van der Waals surface area contributed by atoms with E-state index in [1.165, 1.54) is 16.7 Å². The molecule has 0 saturated carbocycles. The molecular weight excluding hydrogens is 484 g/mol. The van der Waals surface area contributed by atoms with Gasteiger partial charge in [0.05, 0.1) is 36.7 Å². The Kier molecular flexibility index (Phi) is 7.66. The maximum Gasteiger partial charge on any atom is 0.242 e. The predicted molar refractivity (Wildman–Crippen MR) is 148 cm³/mol. The molecule has 0 fully saturated rings. The van der Waals surface area contributed by atoms with Crippen LogP contribution in [0, 0.1) is 0 Å². The Morgan fingerprint density at radius 1 is 0.947 bits per heavy atom. The first-order valence-electron chi connectivity index (χ1n) is 11.9. The van der Waals surface area contributed by atoms with E-state index >= 15 is 0 Å². The Morgan fingerprint density at radius 2 is 1.58 bits per heavy atom. The second kappa shape index (κ2) is 11.1. The van der Waals surface area contributed by atoms with Crippen molar-refractivity contribution < 1.29 is 24.2 Å².